The van der Waals surface area contributed by atoms with Crippen molar-refractivity contribution in [2.45, 2.75) is 32.4 Å². The Balaban J connectivity index is 1.24. The molecule has 0 radical (unpaired) electrons. The van der Waals surface area contributed by atoms with Crippen LogP contribution in [0.25, 0.3) is 0 Å². The smallest absolute Gasteiger partial charge is 0.279 e. The maximum Gasteiger partial charge on any atom is 0.279 e. The molecule has 0 spiro atoms. The number of ether oxygens (including phenoxy) is 2. The number of rotatable bonds is 6. The summed E-state index contributed by atoms with van der Waals surface area (Å²) in [6.45, 7) is 2.15. The van der Waals surface area contributed by atoms with Crippen LogP contribution >= 0.6 is 22.9 Å². The highest BCUT2D eigenvalue weighted by Gasteiger charge is 2.22. The highest BCUT2D eigenvalue weighted by molar-refractivity contribution is 7.15. The highest BCUT2D eigenvalue weighted by Crippen LogP contribution is 2.38. The van der Waals surface area contributed by atoms with Crippen LogP contribution in [0.4, 0.5) is 0 Å². The first kappa shape index (κ1) is 22.4. The second-order valence-corrected chi connectivity index (χ2v) is 9.34. The molecule has 2 aromatic carbocycles. The van der Waals surface area contributed by atoms with Crippen molar-refractivity contribution in [3.63, 3.8) is 0 Å². The third kappa shape index (κ3) is 5.05. The average molecular weight is 492 g/mol. The first-order valence-electron chi connectivity index (χ1n) is 10.9. The molecule has 8 heteroatoms. The van der Waals surface area contributed by atoms with Crippen LogP contribution in [0.1, 0.15) is 44.6 Å². The van der Waals surface area contributed by atoms with Crippen molar-refractivity contribution in [3.8, 4) is 16.7 Å². The standard InChI is InChI=1S/C26H22ClN3O3S/c1-16-24(25(31)29-15-17-11-12-28-23(27)13-17)34-26(30-16)32-20-8-10-22-19(14-20)7-9-21(33-22)18-5-3-2-4-6-18/h2-6,8,10-14,21H,7,9,15H2,1H3,(H,29,31)/t21-/m0/s1. The SMILES string of the molecule is Cc1nc(Oc2ccc3c(c2)CC[C@@H](c2ccccc2)O3)sc1C(=O)NCc1ccnc(Cl)c1. The van der Waals surface area contributed by atoms with E-state index in [1.807, 2.05) is 42.5 Å². The van der Waals surface area contributed by atoms with Crippen LogP contribution in [0.2, 0.25) is 5.15 Å². The lowest BCUT2D eigenvalue weighted by Crippen LogP contribution is -2.22. The molecule has 172 valence electrons. The first-order valence-corrected chi connectivity index (χ1v) is 12.1. The van der Waals surface area contributed by atoms with Gasteiger partial charge in [0, 0.05) is 12.7 Å². The summed E-state index contributed by atoms with van der Waals surface area (Å²) in [6, 6.07) is 19.6. The van der Waals surface area contributed by atoms with Gasteiger partial charge in [0.05, 0.1) is 5.69 Å². The highest BCUT2D eigenvalue weighted by atomic mass is 35.5. The molecule has 4 aromatic rings. The third-order valence-corrected chi connectivity index (χ3v) is 6.82. The predicted octanol–water partition coefficient (Wildman–Crippen LogP) is 6.29. The minimum absolute atomic E-state index is 0.0614. The molecular formula is C26H22ClN3O3S. The summed E-state index contributed by atoms with van der Waals surface area (Å²) < 4.78 is 12.2. The van der Waals surface area contributed by atoms with Gasteiger partial charge >= 0.3 is 0 Å². The van der Waals surface area contributed by atoms with Crippen molar-refractivity contribution >= 4 is 28.8 Å². The topological polar surface area (TPSA) is 73.3 Å². The molecule has 3 heterocycles. The van der Waals surface area contributed by atoms with Gasteiger partial charge in [-0.3, -0.25) is 4.79 Å². The zero-order chi connectivity index (χ0) is 23.5. The van der Waals surface area contributed by atoms with E-state index in [9.17, 15) is 4.79 Å². The van der Waals surface area contributed by atoms with Crippen LogP contribution in [0.15, 0.2) is 66.9 Å². The third-order valence-electron chi connectivity index (χ3n) is 5.58. The summed E-state index contributed by atoms with van der Waals surface area (Å²) in [6.07, 6.45) is 3.48. The number of nitrogens with zero attached hydrogens (tertiary/aromatic N) is 2. The lowest BCUT2D eigenvalue weighted by molar-refractivity contribution is 0.0954. The van der Waals surface area contributed by atoms with E-state index in [0.717, 1.165) is 29.7 Å². The molecule has 1 atom stereocenters. The van der Waals surface area contributed by atoms with Crippen LogP contribution in [0.3, 0.4) is 0 Å². The van der Waals surface area contributed by atoms with E-state index >= 15 is 0 Å². The van der Waals surface area contributed by atoms with Crippen LogP contribution in [0, 0.1) is 6.92 Å². The number of pyridine rings is 1. The number of aromatic nitrogens is 2. The summed E-state index contributed by atoms with van der Waals surface area (Å²) >= 11 is 7.13. The number of halogens is 1. The molecule has 5 rings (SSSR count). The normalized spacial score (nSPS) is 14.7. The van der Waals surface area contributed by atoms with Gasteiger partial charge in [-0.05, 0) is 66.8 Å². The number of amides is 1. The van der Waals surface area contributed by atoms with E-state index in [2.05, 4.69) is 27.4 Å². The molecule has 1 aliphatic heterocycles. The fourth-order valence-electron chi connectivity index (χ4n) is 3.87. The number of fused-ring (bicyclic) bond motifs is 1. The quantitative estimate of drug-likeness (QED) is 0.321. The minimum atomic E-state index is -0.205. The van der Waals surface area contributed by atoms with Crippen molar-refractivity contribution < 1.29 is 14.3 Å². The zero-order valence-corrected chi connectivity index (χ0v) is 20.0. The molecule has 2 aromatic heterocycles. The lowest BCUT2D eigenvalue weighted by Gasteiger charge is -2.26. The van der Waals surface area contributed by atoms with Crippen molar-refractivity contribution in [2.24, 2.45) is 0 Å². The Kier molecular flexibility index (Phi) is 6.47. The van der Waals surface area contributed by atoms with E-state index in [-0.39, 0.29) is 12.0 Å². The number of benzene rings is 2. The van der Waals surface area contributed by atoms with E-state index in [1.54, 1.807) is 19.2 Å². The molecule has 0 saturated carbocycles. The molecule has 1 aliphatic rings. The first-order chi connectivity index (χ1) is 16.5. The van der Waals surface area contributed by atoms with E-state index in [4.69, 9.17) is 21.1 Å². The Morgan fingerprint density at radius 2 is 2.06 bits per heavy atom. The molecule has 1 N–H and O–H groups in total. The number of nitrogens with one attached hydrogen (secondary N) is 1. The summed E-state index contributed by atoms with van der Waals surface area (Å²) in [7, 11) is 0. The van der Waals surface area contributed by atoms with Gasteiger partial charge in [-0.25, -0.2) is 9.97 Å². The summed E-state index contributed by atoms with van der Waals surface area (Å²) in [4.78, 5) is 21.6. The number of thiazole rings is 1. The monoisotopic (exact) mass is 491 g/mol. The van der Waals surface area contributed by atoms with Crippen LogP contribution in [-0.2, 0) is 13.0 Å². The Hall–Kier alpha value is -3.42. The molecular weight excluding hydrogens is 470 g/mol. The Morgan fingerprint density at radius 1 is 1.21 bits per heavy atom. The number of aryl methyl sites for hydroxylation is 2. The fraction of sp³-hybridized carbons (Fsp3) is 0.192. The second-order valence-electron chi connectivity index (χ2n) is 7.99. The van der Waals surface area contributed by atoms with Gasteiger partial charge in [0.2, 0.25) is 0 Å². The fourth-order valence-corrected chi connectivity index (χ4v) is 4.92. The molecule has 1 amide bonds. The van der Waals surface area contributed by atoms with Crippen molar-refractivity contribution in [1.82, 2.24) is 15.3 Å². The van der Waals surface area contributed by atoms with Gasteiger partial charge in [0.1, 0.15) is 27.6 Å². The maximum atomic E-state index is 12.7. The zero-order valence-electron chi connectivity index (χ0n) is 18.5. The van der Waals surface area contributed by atoms with E-state index < -0.39 is 0 Å². The Labute approximate surface area is 206 Å². The Morgan fingerprint density at radius 3 is 2.88 bits per heavy atom. The maximum absolute atomic E-state index is 12.7. The second kappa shape index (κ2) is 9.83. The van der Waals surface area contributed by atoms with Gasteiger partial charge in [0.15, 0.2) is 0 Å². The Bertz CT molecular complexity index is 1330. The van der Waals surface area contributed by atoms with Crippen LogP contribution in [-0.4, -0.2) is 15.9 Å². The number of hydrogen-bond acceptors (Lipinski definition) is 6. The molecule has 34 heavy (non-hydrogen) atoms. The van der Waals surface area contributed by atoms with Crippen LogP contribution in [0.5, 0.6) is 16.7 Å². The van der Waals surface area contributed by atoms with Gasteiger partial charge in [-0.1, -0.05) is 53.3 Å². The van der Waals surface area contributed by atoms with Gasteiger partial charge < -0.3 is 14.8 Å². The molecule has 0 bridgehead atoms. The van der Waals surface area contributed by atoms with Gasteiger partial charge in [-0.15, -0.1) is 0 Å². The number of hydrogen-bond donors (Lipinski definition) is 1. The average Bonchev–Trinajstić information content (AvgIpc) is 3.22. The van der Waals surface area contributed by atoms with E-state index in [1.165, 1.54) is 16.9 Å². The molecule has 0 saturated heterocycles. The van der Waals surface area contributed by atoms with Crippen molar-refractivity contribution in [2.75, 3.05) is 0 Å². The summed E-state index contributed by atoms with van der Waals surface area (Å²) in [5.74, 6) is 1.34. The summed E-state index contributed by atoms with van der Waals surface area (Å²) in [5, 5.41) is 3.71. The molecule has 6 nitrogen and oxygen atoms in total. The largest absolute Gasteiger partial charge is 0.485 e. The predicted molar refractivity (Wildman–Crippen MR) is 132 cm³/mol. The van der Waals surface area contributed by atoms with Gasteiger partial charge in [0.25, 0.3) is 11.1 Å². The molecule has 0 unspecified atom stereocenters. The van der Waals surface area contributed by atoms with Crippen LogP contribution < -0.4 is 14.8 Å². The molecule has 0 fully saturated rings. The van der Waals surface area contributed by atoms with Crippen molar-refractivity contribution in [1.29, 1.82) is 0 Å². The summed E-state index contributed by atoms with van der Waals surface area (Å²) in [5.41, 5.74) is 3.78. The van der Waals surface area contributed by atoms with E-state index in [0.29, 0.717) is 33.2 Å². The van der Waals surface area contributed by atoms with Gasteiger partial charge in [-0.2, -0.15) is 0 Å². The van der Waals surface area contributed by atoms with Crippen molar-refractivity contribution in [3.05, 3.63) is 99.3 Å². The number of carbonyl (C=O) groups is 1. The number of carbonyl (C=O) groups excluding carboxylic acids is 1. The minimum Gasteiger partial charge on any atom is -0.485 e. The lowest BCUT2D eigenvalue weighted by atomic mass is 9.97. The molecule has 0 aliphatic carbocycles.